The molecule has 0 saturated heterocycles. The van der Waals surface area contributed by atoms with Crippen molar-refractivity contribution in [1.29, 1.82) is 0 Å². The quantitative estimate of drug-likeness (QED) is 0.457. The highest BCUT2D eigenvalue weighted by Gasteiger charge is 2.12. The van der Waals surface area contributed by atoms with Gasteiger partial charge in [-0.2, -0.15) is 0 Å². The molecule has 0 aliphatic rings. The number of hydrogen-bond donors (Lipinski definition) is 0. The van der Waals surface area contributed by atoms with Gasteiger partial charge in [0.15, 0.2) is 0 Å². The van der Waals surface area contributed by atoms with Crippen molar-refractivity contribution in [3.05, 3.63) is 74.5 Å². The lowest BCUT2D eigenvalue weighted by molar-refractivity contribution is -0.384. The van der Waals surface area contributed by atoms with Crippen LogP contribution in [0.25, 0.3) is 0 Å². The molecule has 2 aromatic carbocycles. The van der Waals surface area contributed by atoms with E-state index in [9.17, 15) is 14.5 Å². The molecule has 0 aromatic heterocycles. The van der Waals surface area contributed by atoms with Crippen LogP contribution in [0.4, 0.5) is 10.1 Å². The molecular weight excluding hydrogens is 304 g/mol. The van der Waals surface area contributed by atoms with Crippen molar-refractivity contribution in [2.75, 3.05) is 0 Å². The molecule has 0 saturated carbocycles. The molecule has 0 bridgehead atoms. The summed E-state index contributed by atoms with van der Waals surface area (Å²) >= 11 is 12.0. The van der Waals surface area contributed by atoms with E-state index in [1.165, 1.54) is 24.3 Å². The van der Waals surface area contributed by atoms with E-state index in [0.29, 0.717) is 12.0 Å². The van der Waals surface area contributed by atoms with Crippen LogP contribution >= 0.6 is 23.2 Å². The first-order valence-corrected chi connectivity index (χ1v) is 6.61. The van der Waals surface area contributed by atoms with Gasteiger partial charge >= 0.3 is 0 Å². The lowest BCUT2D eigenvalue weighted by Gasteiger charge is -2.10. The largest absolute Gasteiger partial charge is 0.269 e. The average molecular weight is 314 g/mol. The first kappa shape index (κ1) is 14.8. The molecule has 0 spiro atoms. The molecule has 0 heterocycles. The summed E-state index contributed by atoms with van der Waals surface area (Å²) in [6, 6.07) is 10.5. The summed E-state index contributed by atoms with van der Waals surface area (Å²) in [6.07, 6.45) is 0.474. The molecule has 0 fully saturated rings. The van der Waals surface area contributed by atoms with Gasteiger partial charge in [-0.05, 0) is 29.7 Å². The maximum Gasteiger partial charge on any atom is 0.269 e. The van der Waals surface area contributed by atoms with E-state index in [0.717, 1.165) is 5.56 Å². The third-order valence-corrected chi connectivity index (χ3v) is 3.56. The molecule has 2 rings (SSSR count). The summed E-state index contributed by atoms with van der Waals surface area (Å²) in [5.41, 5.74) is 1.59. The van der Waals surface area contributed by atoms with Crippen molar-refractivity contribution >= 4 is 28.9 Å². The highest BCUT2D eigenvalue weighted by molar-refractivity contribution is 6.31. The van der Waals surface area contributed by atoms with Crippen molar-refractivity contribution in [2.45, 2.75) is 11.8 Å². The Morgan fingerprint density at radius 3 is 2.40 bits per heavy atom. The molecule has 6 heteroatoms. The Bertz CT molecular complexity index is 632. The van der Waals surface area contributed by atoms with Crippen LogP contribution in [0.15, 0.2) is 42.5 Å². The van der Waals surface area contributed by atoms with E-state index >= 15 is 0 Å². The lowest BCUT2D eigenvalue weighted by atomic mass is 10.0. The van der Waals surface area contributed by atoms with E-state index in [4.69, 9.17) is 23.2 Å². The highest BCUT2D eigenvalue weighted by atomic mass is 35.5. The van der Waals surface area contributed by atoms with Gasteiger partial charge in [-0.15, -0.1) is 11.6 Å². The van der Waals surface area contributed by atoms with E-state index in [1.54, 1.807) is 18.2 Å². The zero-order valence-corrected chi connectivity index (χ0v) is 11.7. The second kappa shape index (κ2) is 6.20. The van der Waals surface area contributed by atoms with Crippen LogP contribution in [0, 0.1) is 15.9 Å². The van der Waals surface area contributed by atoms with Gasteiger partial charge in [0.1, 0.15) is 5.82 Å². The predicted molar refractivity (Wildman–Crippen MR) is 76.8 cm³/mol. The summed E-state index contributed by atoms with van der Waals surface area (Å²) in [5.74, 6) is -0.491. The van der Waals surface area contributed by atoms with Crippen LogP contribution in [0.5, 0.6) is 0 Å². The van der Waals surface area contributed by atoms with Gasteiger partial charge in [-0.3, -0.25) is 10.1 Å². The van der Waals surface area contributed by atoms with Crippen molar-refractivity contribution < 1.29 is 9.31 Å². The molecule has 1 atom stereocenters. The van der Waals surface area contributed by atoms with Gasteiger partial charge < -0.3 is 0 Å². The number of benzene rings is 2. The second-order valence-corrected chi connectivity index (χ2v) is 5.20. The zero-order valence-electron chi connectivity index (χ0n) is 10.2. The number of nitro groups is 1. The van der Waals surface area contributed by atoms with Crippen LogP contribution in [0.1, 0.15) is 16.5 Å². The van der Waals surface area contributed by atoms with Crippen LogP contribution in [-0.2, 0) is 6.42 Å². The van der Waals surface area contributed by atoms with Gasteiger partial charge in [0, 0.05) is 12.1 Å². The Hall–Kier alpha value is -1.65. The number of nitrogens with zero attached hydrogens (tertiary/aromatic N) is 1. The summed E-state index contributed by atoms with van der Waals surface area (Å²) in [5, 5.41) is 10.2. The first-order valence-electron chi connectivity index (χ1n) is 5.79. The number of non-ortho nitro benzene ring substituents is 1. The Morgan fingerprint density at radius 2 is 1.85 bits per heavy atom. The molecule has 0 N–H and O–H groups in total. The number of hydrogen-bond acceptors (Lipinski definition) is 2. The Labute approximate surface area is 125 Å². The molecule has 0 aliphatic heterocycles. The fourth-order valence-corrected chi connectivity index (χ4v) is 2.29. The predicted octanol–water partition coefficient (Wildman–Crippen LogP) is 4.91. The Kier molecular flexibility index (Phi) is 4.57. The second-order valence-electron chi connectivity index (χ2n) is 4.27. The van der Waals surface area contributed by atoms with E-state index in [2.05, 4.69) is 0 Å². The van der Waals surface area contributed by atoms with Gasteiger partial charge in [0.2, 0.25) is 0 Å². The van der Waals surface area contributed by atoms with Crippen molar-refractivity contribution in [2.24, 2.45) is 0 Å². The number of nitro benzene ring substituents is 1. The van der Waals surface area contributed by atoms with Crippen LogP contribution in [0.2, 0.25) is 5.02 Å². The monoisotopic (exact) mass is 313 g/mol. The summed E-state index contributed by atoms with van der Waals surface area (Å²) in [7, 11) is 0. The summed E-state index contributed by atoms with van der Waals surface area (Å²) in [4.78, 5) is 10.1. The maximum absolute atomic E-state index is 13.1. The molecule has 2 aromatic rings. The number of rotatable bonds is 4. The molecule has 0 amide bonds. The number of halogens is 3. The highest BCUT2D eigenvalue weighted by Crippen LogP contribution is 2.28. The molecule has 20 heavy (non-hydrogen) atoms. The summed E-state index contributed by atoms with van der Waals surface area (Å²) < 4.78 is 13.1. The minimum Gasteiger partial charge on any atom is -0.258 e. The van der Waals surface area contributed by atoms with E-state index < -0.39 is 10.7 Å². The fourth-order valence-electron chi connectivity index (χ4n) is 1.79. The first-order chi connectivity index (χ1) is 9.47. The third kappa shape index (κ3) is 3.46. The molecule has 0 radical (unpaired) electrons. The van der Waals surface area contributed by atoms with Gasteiger partial charge in [-0.1, -0.05) is 29.8 Å². The molecule has 1 unspecified atom stereocenters. The van der Waals surface area contributed by atoms with Crippen molar-refractivity contribution in [1.82, 2.24) is 0 Å². The SMILES string of the molecule is O=[N+]([O-])c1ccc(CC(Cl)c2ccc(F)c(Cl)c2)cc1. The molecule has 0 aliphatic carbocycles. The van der Waals surface area contributed by atoms with Gasteiger partial charge in [0.05, 0.1) is 15.3 Å². The molecule has 104 valence electrons. The van der Waals surface area contributed by atoms with Gasteiger partial charge in [0.25, 0.3) is 5.69 Å². The summed E-state index contributed by atoms with van der Waals surface area (Å²) in [6.45, 7) is 0. The smallest absolute Gasteiger partial charge is 0.258 e. The minimum absolute atomic E-state index is 0.0249. The topological polar surface area (TPSA) is 43.1 Å². The normalized spacial score (nSPS) is 12.2. The van der Waals surface area contributed by atoms with Gasteiger partial charge in [-0.25, -0.2) is 4.39 Å². The zero-order chi connectivity index (χ0) is 14.7. The molecular formula is C14H10Cl2FNO2. The standard InChI is InChI=1S/C14H10Cl2FNO2/c15-12(10-3-6-14(17)13(16)8-10)7-9-1-4-11(5-2-9)18(19)20/h1-6,8,12H,7H2. The van der Waals surface area contributed by atoms with Crippen molar-refractivity contribution in [3.63, 3.8) is 0 Å². The Balaban J connectivity index is 2.12. The van der Waals surface area contributed by atoms with E-state index in [1.807, 2.05) is 0 Å². The van der Waals surface area contributed by atoms with Crippen LogP contribution in [-0.4, -0.2) is 4.92 Å². The Morgan fingerprint density at radius 1 is 1.20 bits per heavy atom. The fraction of sp³-hybridized carbons (Fsp3) is 0.143. The van der Waals surface area contributed by atoms with Crippen molar-refractivity contribution in [3.8, 4) is 0 Å². The molecule has 3 nitrogen and oxygen atoms in total. The number of alkyl halides is 1. The third-order valence-electron chi connectivity index (χ3n) is 2.87. The van der Waals surface area contributed by atoms with Crippen LogP contribution < -0.4 is 0 Å². The lowest BCUT2D eigenvalue weighted by Crippen LogP contribution is -1.97. The van der Waals surface area contributed by atoms with E-state index in [-0.39, 0.29) is 16.1 Å². The minimum atomic E-state index is -0.491. The maximum atomic E-state index is 13.1. The van der Waals surface area contributed by atoms with Crippen LogP contribution in [0.3, 0.4) is 0 Å². The average Bonchev–Trinajstić information content (AvgIpc) is 2.42.